The van der Waals surface area contributed by atoms with Crippen molar-refractivity contribution in [1.29, 1.82) is 0 Å². The van der Waals surface area contributed by atoms with Crippen LogP contribution in [-0.2, 0) is 20.6 Å². The normalized spacial score (nSPS) is 20.1. The van der Waals surface area contributed by atoms with Crippen LogP contribution in [0.15, 0.2) is 72.4 Å². The Hall–Kier alpha value is -3.89. The summed E-state index contributed by atoms with van der Waals surface area (Å²) >= 11 is 0. The van der Waals surface area contributed by atoms with Crippen LogP contribution >= 0.6 is 0 Å². The molecule has 0 unspecified atom stereocenters. The lowest BCUT2D eigenvalue weighted by Gasteiger charge is -2.24. The molecule has 2 aromatic heterocycles. The SMILES string of the molecule is COc1ccc2nccc(CCN(C)C[C@@H](O)[C@H]3CN(C4=COC=C(C5=CC=CCC5)O4)C(=O)O3)c2n1. The quantitative estimate of drug-likeness (QED) is 0.548. The maximum atomic E-state index is 12.6. The van der Waals surface area contributed by atoms with Gasteiger partial charge in [-0.15, -0.1) is 0 Å². The van der Waals surface area contributed by atoms with Gasteiger partial charge in [0.2, 0.25) is 11.8 Å². The predicted molar refractivity (Wildman–Crippen MR) is 135 cm³/mol. The standard InChI is InChI=1S/C27H30N4O6/c1-30(13-11-19-10-12-28-20-8-9-24(34-2)29-26(19)20)14-21(32)22-15-31(27(33)37-22)25-17-35-16-23(36-25)18-6-4-3-5-7-18/h3-4,6,8-10,12,16-17,21-22,32H,5,7,11,13-15H2,1-2H3/t21-,22-/m1/s1. The number of aromatic nitrogens is 2. The Morgan fingerprint density at radius 3 is 3.00 bits per heavy atom. The molecule has 1 N–H and O–H groups in total. The number of pyridine rings is 2. The van der Waals surface area contributed by atoms with Gasteiger partial charge in [0.25, 0.3) is 0 Å². The van der Waals surface area contributed by atoms with Gasteiger partial charge in [0.05, 0.1) is 24.7 Å². The minimum absolute atomic E-state index is 0.161. The number of aliphatic hydroxyl groups is 1. The molecule has 2 atom stereocenters. The molecule has 1 fully saturated rings. The Morgan fingerprint density at radius 2 is 2.19 bits per heavy atom. The summed E-state index contributed by atoms with van der Waals surface area (Å²) in [6, 6.07) is 5.62. The molecule has 37 heavy (non-hydrogen) atoms. The number of rotatable bonds is 9. The fourth-order valence-electron chi connectivity index (χ4n) is 4.46. The van der Waals surface area contributed by atoms with Crippen molar-refractivity contribution in [3.8, 4) is 5.88 Å². The first-order valence-corrected chi connectivity index (χ1v) is 12.2. The number of fused-ring (bicyclic) bond motifs is 1. The van der Waals surface area contributed by atoms with Crippen LogP contribution in [0.5, 0.6) is 5.88 Å². The Labute approximate surface area is 215 Å². The Kier molecular flexibility index (Phi) is 7.38. The van der Waals surface area contributed by atoms with Crippen LogP contribution < -0.4 is 4.74 Å². The summed E-state index contributed by atoms with van der Waals surface area (Å²) in [4.78, 5) is 24.8. The zero-order valence-electron chi connectivity index (χ0n) is 20.9. The summed E-state index contributed by atoms with van der Waals surface area (Å²) in [5.41, 5.74) is 3.64. The summed E-state index contributed by atoms with van der Waals surface area (Å²) in [7, 11) is 3.50. The molecule has 194 valence electrons. The van der Waals surface area contributed by atoms with Gasteiger partial charge in [-0.1, -0.05) is 18.2 Å². The Bertz CT molecular complexity index is 1290. The van der Waals surface area contributed by atoms with E-state index in [-0.39, 0.29) is 12.4 Å². The second kappa shape index (κ2) is 11.0. The Morgan fingerprint density at radius 1 is 1.30 bits per heavy atom. The van der Waals surface area contributed by atoms with E-state index in [0.29, 0.717) is 31.1 Å². The van der Waals surface area contributed by atoms with Crippen LogP contribution in [0.2, 0.25) is 0 Å². The van der Waals surface area contributed by atoms with Crippen LogP contribution in [-0.4, -0.2) is 77.0 Å². The highest BCUT2D eigenvalue weighted by Crippen LogP contribution is 2.30. The first-order valence-electron chi connectivity index (χ1n) is 12.2. The number of ether oxygens (including phenoxy) is 4. The highest BCUT2D eigenvalue weighted by molar-refractivity contribution is 5.78. The molecule has 10 nitrogen and oxygen atoms in total. The van der Waals surface area contributed by atoms with Crippen molar-refractivity contribution >= 4 is 17.1 Å². The molecule has 0 aromatic carbocycles. The smallest absolute Gasteiger partial charge is 0.417 e. The Balaban J connectivity index is 1.15. The van der Waals surface area contributed by atoms with Gasteiger partial charge < -0.3 is 29.0 Å². The maximum Gasteiger partial charge on any atom is 0.417 e. The van der Waals surface area contributed by atoms with Gasteiger partial charge in [-0.25, -0.2) is 14.7 Å². The lowest BCUT2D eigenvalue weighted by atomic mass is 10.0. The summed E-state index contributed by atoms with van der Waals surface area (Å²) in [6.45, 7) is 1.15. The molecular weight excluding hydrogens is 476 g/mol. The molecule has 5 rings (SSSR count). The average Bonchev–Trinajstić information content (AvgIpc) is 3.34. The lowest BCUT2D eigenvalue weighted by molar-refractivity contribution is 0.0152. The van der Waals surface area contributed by atoms with Gasteiger partial charge in [0.1, 0.15) is 18.5 Å². The van der Waals surface area contributed by atoms with E-state index < -0.39 is 18.3 Å². The second-order valence-corrected chi connectivity index (χ2v) is 9.14. The van der Waals surface area contributed by atoms with E-state index in [0.717, 1.165) is 35.0 Å². The van der Waals surface area contributed by atoms with E-state index >= 15 is 0 Å². The zero-order chi connectivity index (χ0) is 25.8. The topological polar surface area (TPSA) is 106 Å². The molecule has 1 saturated heterocycles. The van der Waals surface area contributed by atoms with Crippen molar-refractivity contribution in [3.63, 3.8) is 0 Å². The van der Waals surface area contributed by atoms with Crippen molar-refractivity contribution in [3.05, 3.63) is 77.9 Å². The number of hydrogen-bond acceptors (Lipinski definition) is 9. The summed E-state index contributed by atoms with van der Waals surface area (Å²) in [5, 5.41) is 10.8. The number of amides is 1. The van der Waals surface area contributed by atoms with Crippen LogP contribution in [0.4, 0.5) is 4.79 Å². The highest BCUT2D eigenvalue weighted by Gasteiger charge is 2.40. The molecule has 10 heteroatoms. The monoisotopic (exact) mass is 506 g/mol. The van der Waals surface area contributed by atoms with Gasteiger partial charge in [-0.05, 0) is 49.6 Å². The second-order valence-electron chi connectivity index (χ2n) is 9.14. The number of likely N-dealkylation sites (N-methyl/N-ethyl adjacent to an activating group) is 1. The summed E-state index contributed by atoms with van der Waals surface area (Å²) in [5.74, 6) is 1.35. The number of aliphatic hydroxyl groups excluding tert-OH is 1. The molecule has 0 spiro atoms. The van der Waals surface area contributed by atoms with Crippen LogP contribution in [0.25, 0.3) is 11.0 Å². The number of nitrogens with zero attached hydrogens (tertiary/aromatic N) is 4. The fraction of sp³-hybridized carbons (Fsp3) is 0.370. The van der Waals surface area contributed by atoms with Crippen LogP contribution in [0.3, 0.4) is 0 Å². The van der Waals surface area contributed by atoms with Crippen molar-refractivity contribution in [2.24, 2.45) is 0 Å². The van der Waals surface area contributed by atoms with E-state index in [2.05, 4.69) is 16.0 Å². The molecule has 4 heterocycles. The molecule has 0 saturated carbocycles. The summed E-state index contributed by atoms with van der Waals surface area (Å²) in [6.07, 6.45) is 11.0. The molecule has 1 amide bonds. The number of methoxy groups -OCH3 is 1. The van der Waals surface area contributed by atoms with Crippen molar-refractivity contribution in [1.82, 2.24) is 19.8 Å². The van der Waals surface area contributed by atoms with E-state index in [1.807, 2.05) is 36.2 Å². The summed E-state index contributed by atoms with van der Waals surface area (Å²) < 4.78 is 22.1. The largest absolute Gasteiger partial charge is 0.481 e. The van der Waals surface area contributed by atoms with Gasteiger partial charge >= 0.3 is 6.09 Å². The molecule has 2 aliphatic heterocycles. The minimum Gasteiger partial charge on any atom is -0.481 e. The maximum absolute atomic E-state index is 12.6. The third kappa shape index (κ3) is 5.60. The van der Waals surface area contributed by atoms with Crippen molar-refractivity contribution in [2.45, 2.75) is 31.5 Å². The number of carbonyl (C=O) groups excluding carboxylic acids is 1. The van der Waals surface area contributed by atoms with E-state index in [9.17, 15) is 9.90 Å². The van der Waals surface area contributed by atoms with Gasteiger partial charge in [-0.3, -0.25) is 4.98 Å². The van der Waals surface area contributed by atoms with Gasteiger partial charge in [0.15, 0.2) is 12.0 Å². The number of cyclic esters (lactones) is 1. The molecule has 3 aliphatic rings. The average molecular weight is 507 g/mol. The first kappa shape index (κ1) is 24.8. The number of carbonyl (C=O) groups is 1. The van der Waals surface area contributed by atoms with E-state index in [4.69, 9.17) is 18.9 Å². The van der Waals surface area contributed by atoms with Crippen LogP contribution in [0, 0.1) is 0 Å². The highest BCUT2D eigenvalue weighted by atomic mass is 16.6. The first-order chi connectivity index (χ1) is 18.0. The zero-order valence-corrected chi connectivity index (χ0v) is 20.9. The van der Waals surface area contributed by atoms with E-state index in [1.165, 1.54) is 17.4 Å². The third-order valence-electron chi connectivity index (χ3n) is 6.53. The molecule has 0 radical (unpaired) electrons. The number of allylic oxidation sites excluding steroid dienone is 4. The fourth-order valence-corrected chi connectivity index (χ4v) is 4.46. The van der Waals surface area contributed by atoms with Crippen molar-refractivity contribution in [2.75, 3.05) is 33.8 Å². The molecule has 0 bridgehead atoms. The molecule has 1 aliphatic carbocycles. The van der Waals surface area contributed by atoms with Crippen molar-refractivity contribution < 1.29 is 28.8 Å². The van der Waals surface area contributed by atoms with Gasteiger partial charge in [-0.2, -0.15) is 0 Å². The number of hydrogen-bond donors (Lipinski definition) is 1. The van der Waals surface area contributed by atoms with Crippen LogP contribution in [0.1, 0.15) is 18.4 Å². The minimum atomic E-state index is -0.877. The lowest BCUT2D eigenvalue weighted by Crippen LogP contribution is -2.40. The molecule has 2 aromatic rings. The van der Waals surface area contributed by atoms with E-state index in [1.54, 1.807) is 19.4 Å². The molecular formula is C27H30N4O6. The predicted octanol–water partition coefficient (Wildman–Crippen LogP) is 3.26. The van der Waals surface area contributed by atoms with Gasteiger partial charge in [0, 0.05) is 25.4 Å². The third-order valence-corrected chi connectivity index (χ3v) is 6.53.